The van der Waals surface area contributed by atoms with Crippen molar-refractivity contribution in [3.05, 3.63) is 11.6 Å². The average molecular weight is 239 g/mol. The van der Waals surface area contributed by atoms with Gasteiger partial charge in [-0.25, -0.2) is 9.67 Å². The van der Waals surface area contributed by atoms with Gasteiger partial charge in [0.2, 0.25) is 0 Å². The molecule has 1 fully saturated rings. The first-order valence-electron chi connectivity index (χ1n) is 6.49. The lowest BCUT2D eigenvalue weighted by Crippen LogP contribution is -2.26. The molecule has 0 radical (unpaired) electrons. The van der Waals surface area contributed by atoms with Crippen LogP contribution in [0.2, 0.25) is 0 Å². The maximum Gasteiger partial charge on any atom is 0.159 e. The Kier molecular flexibility index (Phi) is 4.50. The quantitative estimate of drug-likeness (QED) is 0.782. The van der Waals surface area contributed by atoms with Gasteiger partial charge in [0.25, 0.3) is 0 Å². The smallest absolute Gasteiger partial charge is 0.159 e. The molecule has 0 aromatic carbocycles. The van der Waals surface area contributed by atoms with Gasteiger partial charge < -0.3 is 9.47 Å². The summed E-state index contributed by atoms with van der Waals surface area (Å²) in [5.41, 5.74) is 0. The zero-order chi connectivity index (χ0) is 12.1. The van der Waals surface area contributed by atoms with Crippen molar-refractivity contribution in [2.24, 2.45) is 0 Å². The number of hydrogen-bond acceptors (Lipinski definition) is 4. The van der Waals surface area contributed by atoms with Crippen LogP contribution in [0, 0.1) is 0 Å². The van der Waals surface area contributed by atoms with Crippen LogP contribution < -0.4 is 0 Å². The highest BCUT2D eigenvalue weighted by molar-refractivity contribution is 4.92. The third-order valence-electron chi connectivity index (χ3n) is 2.90. The van der Waals surface area contributed by atoms with Gasteiger partial charge in [0.05, 0.1) is 13.2 Å². The van der Waals surface area contributed by atoms with Crippen molar-refractivity contribution in [3.63, 3.8) is 0 Å². The molecule has 0 atom stereocenters. The van der Waals surface area contributed by atoms with Crippen molar-refractivity contribution < 1.29 is 9.47 Å². The summed E-state index contributed by atoms with van der Waals surface area (Å²) in [6, 6.07) is 0. The Bertz CT molecular complexity index is 346. The van der Waals surface area contributed by atoms with Crippen molar-refractivity contribution in [1.82, 2.24) is 14.8 Å². The van der Waals surface area contributed by atoms with Crippen LogP contribution in [0.1, 0.15) is 38.3 Å². The fourth-order valence-corrected chi connectivity index (χ4v) is 1.95. The van der Waals surface area contributed by atoms with Gasteiger partial charge in [-0.1, -0.05) is 13.8 Å². The molecule has 0 N–H and O–H groups in total. The fraction of sp³-hybridized carbons (Fsp3) is 0.833. The number of ether oxygens (including phenoxy) is 2. The highest BCUT2D eigenvalue weighted by Crippen LogP contribution is 2.10. The zero-order valence-electron chi connectivity index (χ0n) is 10.7. The molecule has 0 spiro atoms. The van der Waals surface area contributed by atoms with Crippen molar-refractivity contribution in [2.45, 2.75) is 52.4 Å². The molecular formula is C12H21N3O2. The van der Waals surface area contributed by atoms with E-state index in [1.165, 1.54) is 0 Å². The molecule has 96 valence electrons. The topological polar surface area (TPSA) is 49.2 Å². The molecule has 5 heteroatoms. The van der Waals surface area contributed by atoms with E-state index in [0.717, 1.165) is 57.1 Å². The molecule has 1 aliphatic heterocycles. The second kappa shape index (κ2) is 6.12. The van der Waals surface area contributed by atoms with Crippen molar-refractivity contribution in [1.29, 1.82) is 0 Å². The second-order valence-corrected chi connectivity index (χ2v) is 4.19. The van der Waals surface area contributed by atoms with Gasteiger partial charge in [-0.15, -0.1) is 0 Å². The highest BCUT2D eigenvalue weighted by Gasteiger charge is 2.15. The standard InChI is InChI=1S/C12H21N3O2/c1-3-10-13-11(4-2)15(14-10)7-6-12-16-8-5-9-17-12/h12H,3-9H2,1-2H3. The number of rotatable bonds is 5. The third kappa shape index (κ3) is 3.26. The Morgan fingerprint density at radius 3 is 2.65 bits per heavy atom. The lowest BCUT2D eigenvalue weighted by molar-refractivity contribution is -0.182. The largest absolute Gasteiger partial charge is 0.353 e. The summed E-state index contributed by atoms with van der Waals surface area (Å²) in [6.07, 6.45) is 3.58. The van der Waals surface area contributed by atoms with E-state index in [1.54, 1.807) is 0 Å². The summed E-state index contributed by atoms with van der Waals surface area (Å²) in [4.78, 5) is 4.48. The first kappa shape index (κ1) is 12.5. The Morgan fingerprint density at radius 2 is 2.00 bits per heavy atom. The fourth-order valence-electron chi connectivity index (χ4n) is 1.95. The summed E-state index contributed by atoms with van der Waals surface area (Å²) in [7, 11) is 0. The normalized spacial score (nSPS) is 17.5. The predicted molar refractivity (Wildman–Crippen MR) is 63.7 cm³/mol. The first-order valence-corrected chi connectivity index (χ1v) is 6.49. The molecule has 5 nitrogen and oxygen atoms in total. The van der Waals surface area contributed by atoms with Gasteiger partial charge in [0.1, 0.15) is 5.82 Å². The summed E-state index contributed by atoms with van der Waals surface area (Å²) < 4.78 is 13.0. The third-order valence-corrected chi connectivity index (χ3v) is 2.90. The Labute approximate surface area is 102 Å². The van der Waals surface area contributed by atoms with E-state index in [1.807, 2.05) is 4.68 Å². The van der Waals surface area contributed by atoms with Crippen molar-refractivity contribution in [2.75, 3.05) is 13.2 Å². The van der Waals surface area contributed by atoms with E-state index in [4.69, 9.17) is 9.47 Å². The van der Waals surface area contributed by atoms with Crippen molar-refractivity contribution >= 4 is 0 Å². The number of aryl methyl sites for hydroxylation is 3. The Hall–Kier alpha value is -0.940. The monoisotopic (exact) mass is 239 g/mol. The molecule has 1 aromatic heterocycles. The molecule has 1 saturated heterocycles. The van der Waals surface area contributed by atoms with Crippen LogP contribution in [0.25, 0.3) is 0 Å². The van der Waals surface area contributed by atoms with Gasteiger partial charge in [0, 0.05) is 25.8 Å². The molecule has 0 bridgehead atoms. The van der Waals surface area contributed by atoms with Gasteiger partial charge >= 0.3 is 0 Å². The molecule has 17 heavy (non-hydrogen) atoms. The molecule has 0 amide bonds. The van der Waals surface area contributed by atoms with Crippen LogP contribution in [0.4, 0.5) is 0 Å². The molecular weight excluding hydrogens is 218 g/mol. The predicted octanol–water partition coefficient (Wildman–Crippen LogP) is 1.56. The molecule has 0 aliphatic carbocycles. The lowest BCUT2D eigenvalue weighted by atomic mass is 10.3. The second-order valence-electron chi connectivity index (χ2n) is 4.19. The van der Waals surface area contributed by atoms with Crippen LogP contribution in [0.5, 0.6) is 0 Å². The molecule has 0 unspecified atom stereocenters. The summed E-state index contributed by atoms with van der Waals surface area (Å²) in [6.45, 7) is 6.62. The SMILES string of the molecule is CCc1nc(CC)n(CCC2OCCCO2)n1. The number of nitrogens with zero attached hydrogens (tertiary/aromatic N) is 3. The van der Waals surface area contributed by atoms with Crippen LogP contribution in [-0.4, -0.2) is 34.3 Å². The van der Waals surface area contributed by atoms with Crippen LogP contribution in [0.15, 0.2) is 0 Å². The van der Waals surface area contributed by atoms with E-state index in [2.05, 4.69) is 23.9 Å². The average Bonchev–Trinajstić information content (AvgIpc) is 2.80. The van der Waals surface area contributed by atoms with Gasteiger partial charge in [-0.05, 0) is 6.42 Å². The van der Waals surface area contributed by atoms with E-state index >= 15 is 0 Å². The molecule has 2 rings (SSSR count). The van der Waals surface area contributed by atoms with E-state index in [-0.39, 0.29) is 6.29 Å². The number of aromatic nitrogens is 3. The lowest BCUT2D eigenvalue weighted by Gasteiger charge is -2.23. The zero-order valence-corrected chi connectivity index (χ0v) is 10.7. The van der Waals surface area contributed by atoms with Gasteiger partial charge in [-0.2, -0.15) is 5.10 Å². The van der Waals surface area contributed by atoms with E-state index in [0.29, 0.717) is 0 Å². The maximum absolute atomic E-state index is 5.52. The van der Waals surface area contributed by atoms with Crippen LogP contribution >= 0.6 is 0 Å². The number of hydrogen-bond donors (Lipinski definition) is 0. The highest BCUT2D eigenvalue weighted by atomic mass is 16.7. The molecule has 0 saturated carbocycles. The minimum Gasteiger partial charge on any atom is -0.353 e. The minimum absolute atomic E-state index is 0.0669. The van der Waals surface area contributed by atoms with Gasteiger partial charge in [-0.3, -0.25) is 0 Å². The van der Waals surface area contributed by atoms with E-state index in [9.17, 15) is 0 Å². The van der Waals surface area contributed by atoms with E-state index < -0.39 is 0 Å². The minimum atomic E-state index is -0.0669. The van der Waals surface area contributed by atoms with Crippen LogP contribution in [-0.2, 0) is 28.9 Å². The van der Waals surface area contributed by atoms with Crippen LogP contribution in [0.3, 0.4) is 0 Å². The summed E-state index contributed by atoms with van der Waals surface area (Å²) in [5.74, 6) is 1.98. The summed E-state index contributed by atoms with van der Waals surface area (Å²) in [5, 5.41) is 4.48. The Morgan fingerprint density at radius 1 is 1.24 bits per heavy atom. The molecule has 1 aromatic rings. The summed E-state index contributed by atoms with van der Waals surface area (Å²) >= 11 is 0. The maximum atomic E-state index is 5.52. The van der Waals surface area contributed by atoms with Gasteiger partial charge in [0.15, 0.2) is 12.1 Å². The molecule has 1 aliphatic rings. The molecule has 2 heterocycles. The Balaban J connectivity index is 1.90. The first-order chi connectivity index (χ1) is 8.33. The van der Waals surface area contributed by atoms with Crippen molar-refractivity contribution in [3.8, 4) is 0 Å².